The molecular formula is C17H19NO. The summed E-state index contributed by atoms with van der Waals surface area (Å²) in [6.07, 6.45) is 5.13. The number of aromatic nitrogens is 1. The van der Waals surface area contributed by atoms with E-state index >= 15 is 0 Å². The second-order valence-electron chi connectivity index (χ2n) is 4.85. The molecule has 98 valence electrons. The lowest BCUT2D eigenvalue weighted by Crippen LogP contribution is -2.04. The van der Waals surface area contributed by atoms with Crippen molar-refractivity contribution in [3.05, 3.63) is 65.0 Å². The molecule has 0 amide bonds. The molecule has 19 heavy (non-hydrogen) atoms. The predicted octanol–water partition coefficient (Wildman–Crippen LogP) is 3.96. The summed E-state index contributed by atoms with van der Waals surface area (Å²) in [6, 6.07) is 11.6. The number of carbonyl (C=O) groups excluding carboxylic acids is 1. The number of carbonyl (C=O) groups is 1. The Hall–Kier alpha value is -1.96. The molecule has 0 aliphatic carbocycles. The fourth-order valence-corrected chi connectivity index (χ4v) is 2.01. The standard InChI is InChI=1S/C17H19NO/c1-3-4-5-14-6-8-15(9-7-14)17(19)16-12-13(2)10-11-18-16/h6-12H,3-5H2,1-2H3. The lowest BCUT2D eigenvalue weighted by molar-refractivity contribution is 0.103. The van der Waals surface area contributed by atoms with Gasteiger partial charge in [-0.2, -0.15) is 0 Å². The molecule has 1 heterocycles. The van der Waals surface area contributed by atoms with Gasteiger partial charge in [0.15, 0.2) is 0 Å². The summed E-state index contributed by atoms with van der Waals surface area (Å²) in [4.78, 5) is 16.4. The topological polar surface area (TPSA) is 30.0 Å². The second kappa shape index (κ2) is 6.28. The van der Waals surface area contributed by atoms with Crippen molar-refractivity contribution >= 4 is 5.78 Å². The maximum absolute atomic E-state index is 12.3. The molecule has 0 saturated carbocycles. The quantitative estimate of drug-likeness (QED) is 0.755. The molecule has 0 bridgehead atoms. The Morgan fingerprint density at radius 3 is 2.53 bits per heavy atom. The molecule has 0 aliphatic heterocycles. The minimum absolute atomic E-state index is 0.00857. The zero-order valence-electron chi connectivity index (χ0n) is 11.5. The molecule has 0 radical (unpaired) electrons. The smallest absolute Gasteiger partial charge is 0.211 e. The van der Waals surface area contributed by atoms with Crippen LogP contribution in [0.25, 0.3) is 0 Å². The van der Waals surface area contributed by atoms with Crippen molar-refractivity contribution in [2.75, 3.05) is 0 Å². The van der Waals surface area contributed by atoms with Gasteiger partial charge in [-0.15, -0.1) is 0 Å². The summed E-state index contributed by atoms with van der Waals surface area (Å²) in [6.45, 7) is 4.15. The highest BCUT2D eigenvalue weighted by molar-refractivity contribution is 6.07. The van der Waals surface area contributed by atoms with E-state index in [0.29, 0.717) is 11.3 Å². The first-order chi connectivity index (χ1) is 9.20. The molecule has 2 nitrogen and oxygen atoms in total. The molecule has 2 rings (SSSR count). The summed E-state index contributed by atoms with van der Waals surface area (Å²) >= 11 is 0. The number of ketones is 1. The van der Waals surface area contributed by atoms with E-state index in [2.05, 4.69) is 11.9 Å². The Kier molecular flexibility index (Phi) is 4.45. The van der Waals surface area contributed by atoms with E-state index in [1.165, 1.54) is 18.4 Å². The van der Waals surface area contributed by atoms with Crippen molar-refractivity contribution < 1.29 is 4.79 Å². The van der Waals surface area contributed by atoms with Crippen LogP contribution < -0.4 is 0 Å². The number of pyridine rings is 1. The first kappa shape index (κ1) is 13.5. The maximum Gasteiger partial charge on any atom is 0.211 e. The number of aryl methyl sites for hydroxylation is 2. The van der Waals surface area contributed by atoms with Gasteiger partial charge in [-0.25, -0.2) is 0 Å². The monoisotopic (exact) mass is 253 g/mol. The number of nitrogens with zero attached hydrogens (tertiary/aromatic N) is 1. The molecule has 2 heteroatoms. The minimum Gasteiger partial charge on any atom is -0.287 e. The zero-order valence-corrected chi connectivity index (χ0v) is 11.5. The van der Waals surface area contributed by atoms with Crippen molar-refractivity contribution in [2.45, 2.75) is 33.1 Å². The van der Waals surface area contributed by atoms with Crippen molar-refractivity contribution in [3.8, 4) is 0 Å². The highest BCUT2D eigenvalue weighted by atomic mass is 16.1. The van der Waals surface area contributed by atoms with E-state index in [-0.39, 0.29) is 5.78 Å². The first-order valence-corrected chi connectivity index (χ1v) is 6.77. The van der Waals surface area contributed by atoms with E-state index in [9.17, 15) is 4.79 Å². The van der Waals surface area contributed by atoms with Gasteiger partial charge < -0.3 is 0 Å². The molecule has 0 spiro atoms. The Morgan fingerprint density at radius 2 is 1.89 bits per heavy atom. The maximum atomic E-state index is 12.3. The van der Waals surface area contributed by atoms with Crippen molar-refractivity contribution in [2.24, 2.45) is 0 Å². The largest absolute Gasteiger partial charge is 0.287 e. The molecule has 0 N–H and O–H groups in total. The second-order valence-corrected chi connectivity index (χ2v) is 4.85. The third-order valence-corrected chi connectivity index (χ3v) is 3.18. The van der Waals surface area contributed by atoms with Crippen LogP contribution in [0.2, 0.25) is 0 Å². The van der Waals surface area contributed by atoms with Crippen LogP contribution in [0.1, 0.15) is 46.9 Å². The summed E-state index contributed by atoms with van der Waals surface area (Å²) in [5.41, 5.74) is 3.56. The molecule has 0 fully saturated rings. The summed E-state index contributed by atoms with van der Waals surface area (Å²) in [5.74, 6) is -0.00857. The third-order valence-electron chi connectivity index (χ3n) is 3.18. The SMILES string of the molecule is CCCCc1ccc(C(=O)c2cc(C)ccn2)cc1. The molecule has 0 unspecified atom stereocenters. The van der Waals surface area contributed by atoms with E-state index in [0.717, 1.165) is 12.0 Å². The lowest BCUT2D eigenvalue weighted by Gasteiger charge is -2.04. The zero-order chi connectivity index (χ0) is 13.7. The van der Waals surface area contributed by atoms with Crippen LogP contribution in [0.5, 0.6) is 0 Å². The predicted molar refractivity (Wildman–Crippen MR) is 77.5 cm³/mol. The normalized spacial score (nSPS) is 10.4. The summed E-state index contributed by atoms with van der Waals surface area (Å²) in [7, 11) is 0. The van der Waals surface area contributed by atoms with Crippen LogP contribution >= 0.6 is 0 Å². The third kappa shape index (κ3) is 3.50. The number of unbranched alkanes of at least 4 members (excludes halogenated alkanes) is 1. The van der Waals surface area contributed by atoms with Gasteiger partial charge in [-0.1, -0.05) is 37.6 Å². The Labute approximate surface area is 114 Å². The number of hydrogen-bond donors (Lipinski definition) is 0. The Morgan fingerprint density at radius 1 is 1.16 bits per heavy atom. The number of rotatable bonds is 5. The van der Waals surface area contributed by atoms with Crippen molar-refractivity contribution in [1.29, 1.82) is 0 Å². The van der Waals surface area contributed by atoms with Crippen LogP contribution in [-0.4, -0.2) is 10.8 Å². The van der Waals surface area contributed by atoms with Gasteiger partial charge in [0.1, 0.15) is 5.69 Å². The highest BCUT2D eigenvalue weighted by Crippen LogP contribution is 2.12. The van der Waals surface area contributed by atoms with Gasteiger partial charge in [-0.3, -0.25) is 9.78 Å². The lowest BCUT2D eigenvalue weighted by atomic mass is 10.0. The number of hydrogen-bond acceptors (Lipinski definition) is 2. The van der Waals surface area contributed by atoms with Gasteiger partial charge in [0, 0.05) is 11.8 Å². The Balaban J connectivity index is 2.15. The van der Waals surface area contributed by atoms with Gasteiger partial charge >= 0.3 is 0 Å². The van der Waals surface area contributed by atoms with Crippen LogP contribution in [0.4, 0.5) is 0 Å². The molecule has 1 aromatic carbocycles. The summed E-state index contributed by atoms with van der Waals surface area (Å²) in [5, 5.41) is 0. The van der Waals surface area contributed by atoms with Crippen molar-refractivity contribution in [1.82, 2.24) is 4.98 Å². The van der Waals surface area contributed by atoms with Crippen LogP contribution in [0.3, 0.4) is 0 Å². The Bertz CT molecular complexity index is 558. The van der Waals surface area contributed by atoms with E-state index < -0.39 is 0 Å². The van der Waals surface area contributed by atoms with Crippen LogP contribution in [0.15, 0.2) is 42.6 Å². The highest BCUT2D eigenvalue weighted by Gasteiger charge is 2.10. The average molecular weight is 253 g/mol. The minimum atomic E-state index is -0.00857. The molecule has 0 saturated heterocycles. The molecule has 0 aliphatic rings. The molecule has 2 aromatic rings. The van der Waals surface area contributed by atoms with Gasteiger partial charge in [0.05, 0.1) is 0 Å². The van der Waals surface area contributed by atoms with E-state index in [1.807, 2.05) is 43.3 Å². The van der Waals surface area contributed by atoms with Gasteiger partial charge in [-0.05, 0) is 43.0 Å². The van der Waals surface area contributed by atoms with E-state index in [1.54, 1.807) is 6.20 Å². The van der Waals surface area contributed by atoms with Gasteiger partial charge in [0.2, 0.25) is 5.78 Å². The molecule has 0 atom stereocenters. The van der Waals surface area contributed by atoms with Crippen molar-refractivity contribution in [3.63, 3.8) is 0 Å². The number of benzene rings is 1. The van der Waals surface area contributed by atoms with Crippen LogP contribution in [-0.2, 0) is 6.42 Å². The fourth-order valence-electron chi connectivity index (χ4n) is 2.01. The average Bonchev–Trinajstić information content (AvgIpc) is 2.45. The van der Waals surface area contributed by atoms with Crippen LogP contribution in [0, 0.1) is 6.92 Å². The molecular weight excluding hydrogens is 234 g/mol. The summed E-state index contributed by atoms with van der Waals surface area (Å²) < 4.78 is 0. The first-order valence-electron chi connectivity index (χ1n) is 6.77. The van der Waals surface area contributed by atoms with Gasteiger partial charge in [0.25, 0.3) is 0 Å². The molecule has 1 aromatic heterocycles. The fraction of sp³-hybridized carbons (Fsp3) is 0.294. The van der Waals surface area contributed by atoms with E-state index in [4.69, 9.17) is 0 Å².